The molecule has 1 heterocycles. The number of allylic oxidation sites excluding steroid dienone is 2. The first-order valence-corrected chi connectivity index (χ1v) is 17.7. The van der Waals surface area contributed by atoms with E-state index >= 15 is 0 Å². The molecule has 0 fully saturated rings. The van der Waals surface area contributed by atoms with E-state index in [9.17, 15) is 31.9 Å². The van der Waals surface area contributed by atoms with E-state index in [1.807, 2.05) is 70.2 Å². The minimum Gasteiger partial charge on any atom is -0.511 e. The van der Waals surface area contributed by atoms with Crippen molar-refractivity contribution in [1.82, 2.24) is 4.98 Å². The van der Waals surface area contributed by atoms with E-state index in [2.05, 4.69) is 44.8 Å². The van der Waals surface area contributed by atoms with Crippen LogP contribution in [0.5, 0.6) is 0 Å². The summed E-state index contributed by atoms with van der Waals surface area (Å²) in [6, 6.07) is 23.3. The molecule has 5 rings (SSSR count). The Bertz CT molecular complexity index is 2060. The Morgan fingerprint density at radius 1 is 0.736 bits per heavy atom. The first kappa shape index (κ1) is 43.5. The van der Waals surface area contributed by atoms with Gasteiger partial charge in [0.1, 0.15) is 5.76 Å². The summed E-state index contributed by atoms with van der Waals surface area (Å²) in [7, 11) is 0. The zero-order valence-corrected chi connectivity index (χ0v) is 33.9. The number of aryl methyl sites for hydroxylation is 2. The van der Waals surface area contributed by atoms with Gasteiger partial charge in [-0.3, -0.25) is 4.79 Å². The van der Waals surface area contributed by atoms with Crippen LogP contribution >= 0.6 is 0 Å². The number of nitrogens with zero attached hydrogens (tertiary/aromatic N) is 1. The largest absolute Gasteiger partial charge is 0.511 e. The van der Waals surface area contributed by atoms with Gasteiger partial charge in [0, 0.05) is 37.3 Å². The summed E-state index contributed by atoms with van der Waals surface area (Å²) in [5.41, 5.74) is 3.64. The third-order valence-corrected chi connectivity index (χ3v) is 10.7. The van der Waals surface area contributed by atoms with E-state index in [1.54, 1.807) is 12.3 Å². The van der Waals surface area contributed by atoms with Crippen LogP contribution in [0.3, 0.4) is 0 Å². The maximum atomic E-state index is 13.6. The van der Waals surface area contributed by atoms with Gasteiger partial charge in [-0.15, -0.1) is 34.9 Å². The number of fused-ring (bicyclic) bond motifs is 3. The van der Waals surface area contributed by atoms with Crippen LogP contribution in [-0.2, 0) is 26.0 Å². The van der Waals surface area contributed by atoms with Gasteiger partial charge >= 0.3 is 17.9 Å². The molecule has 1 radical (unpaired) electrons. The first-order valence-electron chi connectivity index (χ1n) is 17.7. The second-order valence-corrected chi connectivity index (χ2v) is 14.1. The Hall–Kier alpha value is -3.94. The normalized spacial score (nSPS) is 12.7. The topological polar surface area (TPSA) is 54.5 Å². The summed E-state index contributed by atoms with van der Waals surface area (Å²) < 4.78 is 65.2. The Balaban J connectivity index is 0.000000359. The van der Waals surface area contributed by atoms with E-state index in [0.717, 1.165) is 87.3 Å². The van der Waals surface area contributed by atoms with Gasteiger partial charge in [-0.2, -0.15) is 22.0 Å². The summed E-state index contributed by atoms with van der Waals surface area (Å²) in [4.78, 5) is 14.8. The molecule has 1 aromatic heterocycles. The number of aliphatic hydroxyl groups excluding tert-OH is 1. The van der Waals surface area contributed by atoms with E-state index in [4.69, 9.17) is 0 Å². The second kappa shape index (κ2) is 17.0. The maximum absolute atomic E-state index is 13.6. The average Bonchev–Trinajstić information content (AvgIpc) is 3.12. The molecular weight excluding hydrogens is 862 g/mol. The molecule has 9 heteroatoms. The van der Waals surface area contributed by atoms with E-state index in [1.165, 1.54) is 12.1 Å². The number of aliphatic hydroxyl groups is 1. The molecule has 0 bridgehead atoms. The van der Waals surface area contributed by atoms with Crippen molar-refractivity contribution in [2.24, 2.45) is 10.8 Å². The molecule has 0 spiro atoms. The zero-order chi connectivity index (χ0) is 38.6. The molecule has 4 aromatic carbocycles. The average molecular weight is 910 g/mol. The molecule has 285 valence electrons. The van der Waals surface area contributed by atoms with Gasteiger partial charge in [0.25, 0.3) is 0 Å². The van der Waals surface area contributed by atoms with Gasteiger partial charge in [0.2, 0.25) is 0 Å². The summed E-state index contributed by atoms with van der Waals surface area (Å²) in [6.45, 7) is 16.3. The minimum absolute atomic E-state index is 0. The van der Waals surface area contributed by atoms with Crippen molar-refractivity contribution >= 4 is 27.3 Å². The van der Waals surface area contributed by atoms with Crippen LogP contribution in [0.15, 0.2) is 90.8 Å². The molecule has 53 heavy (non-hydrogen) atoms. The molecule has 5 aromatic rings. The Kier molecular flexibility index (Phi) is 14.0. The zero-order valence-electron chi connectivity index (χ0n) is 31.5. The van der Waals surface area contributed by atoms with Crippen molar-refractivity contribution in [3.05, 3.63) is 114 Å². The number of hydrogen-bond acceptors (Lipinski definition) is 2. The van der Waals surface area contributed by atoms with Gasteiger partial charge in [-0.05, 0) is 83.1 Å². The summed E-state index contributed by atoms with van der Waals surface area (Å²) >= 11 is 0. The monoisotopic (exact) mass is 910 g/mol. The maximum Gasteiger partial charge on any atom is 0.458 e. The molecule has 0 saturated heterocycles. The fourth-order valence-corrected chi connectivity index (χ4v) is 6.15. The molecule has 2 N–H and O–H groups in total. The van der Waals surface area contributed by atoms with Crippen molar-refractivity contribution < 1.29 is 52.0 Å². The number of aromatic nitrogens is 1. The Labute approximate surface area is 323 Å². The fraction of sp³-hybridized carbons (Fsp3) is 0.364. The van der Waals surface area contributed by atoms with E-state index < -0.39 is 17.7 Å². The third kappa shape index (κ3) is 9.24. The van der Waals surface area contributed by atoms with Gasteiger partial charge in [-0.25, -0.2) is 0 Å². The summed E-state index contributed by atoms with van der Waals surface area (Å²) in [5, 5.41) is 14.1. The Morgan fingerprint density at radius 3 is 1.85 bits per heavy atom. The fourth-order valence-electron chi connectivity index (χ4n) is 6.15. The van der Waals surface area contributed by atoms with E-state index in [0.29, 0.717) is 17.1 Å². The standard InChI is InChI=1S/C29H19F5N.C15H28O2.Ir/c1-17-13-18(2)15-22(14-17)27-26-10-6-21-16-20(5-9-24(21)25(26)11-12-35-27)19-3-7-23(8-4-19)28(30,31)29(32,33)34;1-7-14(5,8-2)12(16)11-13(17)15(6,9-3)10-4;/h3-14,16H,1-2H3;11,16H,7-10H2,1-6H3;/q-1;;/p+1/b;12-11-;. The Morgan fingerprint density at radius 2 is 1.30 bits per heavy atom. The number of rotatable bonds is 10. The summed E-state index contributed by atoms with van der Waals surface area (Å²) in [6.07, 6.45) is 1.17. The predicted octanol–water partition coefficient (Wildman–Crippen LogP) is 13.4. The van der Waals surface area contributed by atoms with Crippen molar-refractivity contribution in [3.8, 4) is 22.4 Å². The molecule has 0 amide bonds. The molecule has 3 nitrogen and oxygen atoms in total. The number of alkyl halides is 5. The van der Waals surface area contributed by atoms with Crippen LogP contribution in [0, 0.1) is 30.7 Å². The molecule has 0 aliphatic heterocycles. The molecular formula is C44H48F5IrNO2. The van der Waals surface area contributed by atoms with Crippen molar-refractivity contribution in [2.75, 3.05) is 0 Å². The number of halogens is 5. The quantitative estimate of drug-likeness (QED) is 0.0379. The second-order valence-electron chi connectivity index (χ2n) is 14.1. The van der Waals surface area contributed by atoms with Gasteiger partial charge in [-0.1, -0.05) is 97.0 Å². The first-order chi connectivity index (χ1) is 24.3. The smallest absolute Gasteiger partial charge is 0.458 e. The number of carbonyl (C=O) groups excluding carboxylic acids is 1. The van der Waals surface area contributed by atoms with Crippen molar-refractivity contribution in [3.63, 3.8) is 0 Å². The molecule has 0 atom stereocenters. The molecule has 0 aliphatic rings. The van der Waals surface area contributed by atoms with E-state index in [-0.39, 0.29) is 30.9 Å². The summed E-state index contributed by atoms with van der Waals surface area (Å²) in [5.74, 6) is -4.30. The predicted molar refractivity (Wildman–Crippen MR) is 203 cm³/mol. The minimum atomic E-state index is -5.64. The van der Waals surface area contributed by atoms with Crippen LogP contribution in [0.4, 0.5) is 22.0 Å². The van der Waals surface area contributed by atoms with Gasteiger partial charge in [0.05, 0.1) is 11.5 Å². The number of pyridine rings is 1. The van der Waals surface area contributed by atoms with Crippen LogP contribution in [0.1, 0.15) is 83.9 Å². The number of hydrogen-bond donors (Lipinski definition) is 1. The molecule has 0 aliphatic carbocycles. The van der Waals surface area contributed by atoms with Crippen LogP contribution in [-0.4, -0.2) is 26.8 Å². The van der Waals surface area contributed by atoms with Gasteiger partial charge < -0.3 is 10.1 Å². The SMILES string of the molecule is CCC(C)(CC)C(=[OH+])/C=C(\O)C(C)(CC)CC.Cc1[c-]c(-c2nccc3c2ccc2cc(-c4ccc(C(F)(F)C(F)(F)F)cc4)ccc23)cc(C)c1.[Ir]. The molecule has 0 unspecified atom stereocenters. The van der Waals surface area contributed by atoms with Gasteiger partial charge in [0.15, 0.2) is 0 Å². The molecule has 0 saturated carbocycles. The number of benzene rings is 4. The third-order valence-electron chi connectivity index (χ3n) is 10.7. The van der Waals surface area contributed by atoms with Crippen LogP contribution in [0.2, 0.25) is 0 Å². The van der Waals surface area contributed by atoms with Crippen molar-refractivity contribution in [1.29, 1.82) is 0 Å². The van der Waals surface area contributed by atoms with Crippen LogP contribution < -0.4 is 0 Å². The van der Waals surface area contributed by atoms with Crippen molar-refractivity contribution in [2.45, 2.75) is 93.2 Å². The van der Waals surface area contributed by atoms with Crippen LogP contribution in [0.25, 0.3) is 43.9 Å². The number of ketones is 1.